The van der Waals surface area contributed by atoms with Crippen LogP contribution in [0.15, 0.2) is 15.5 Å². The van der Waals surface area contributed by atoms with Crippen LogP contribution in [0.2, 0.25) is 0 Å². The molecule has 0 saturated heterocycles. The van der Waals surface area contributed by atoms with Crippen LogP contribution in [0.25, 0.3) is 0 Å². The highest BCUT2D eigenvalue weighted by molar-refractivity contribution is 5.95. The normalized spacial score (nSPS) is 10.3. The molecule has 1 aromatic rings. The molecule has 0 aliphatic carbocycles. The van der Waals surface area contributed by atoms with Gasteiger partial charge in [0.15, 0.2) is 0 Å². The molecule has 1 heterocycles. The van der Waals surface area contributed by atoms with E-state index in [9.17, 15) is 14.4 Å². The maximum atomic E-state index is 12.4. The van der Waals surface area contributed by atoms with Gasteiger partial charge in [-0.3, -0.25) is 9.59 Å². The summed E-state index contributed by atoms with van der Waals surface area (Å²) < 4.78 is 20.2. The summed E-state index contributed by atoms with van der Waals surface area (Å²) in [4.78, 5) is 36.4. The molecule has 24 heavy (non-hydrogen) atoms. The van der Waals surface area contributed by atoms with Crippen molar-refractivity contribution >= 4 is 11.9 Å². The van der Waals surface area contributed by atoms with Gasteiger partial charge in [0.1, 0.15) is 11.8 Å². The molecule has 134 valence electrons. The second-order valence-corrected chi connectivity index (χ2v) is 4.81. The van der Waals surface area contributed by atoms with Crippen LogP contribution in [0.4, 0.5) is 0 Å². The summed E-state index contributed by atoms with van der Waals surface area (Å²) in [6.45, 7) is 4.47. The molecule has 0 aromatic carbocycles. The average molecular weight is 341 g/mol. The van der Waals surface area contributed by atoms with Crippen LogP contribution in [0, 0.1) is 0 Å². The highest BCUT2D eigenvalue weighted by Crippen LogP contribution is 2.16. The van der Waals surface area contributed by atoms with Crippen molar-refractivity contribution in [3.8, 4) is 5.75 Å². The molecule has 8 heteroatoms. The average Bonchev–Trinajstić information content (AvgIpc) is 2.56. The van der Waals surface area contributed by atoms with E-state index in [1.54, 1.807) is 6.92 Å². The summed E-state index contributed by atoms with van der Waals surface area (Å²) in [7, 11) is 1.50. The van der Waals surface area contributed by atoms with Gasteiger partial charge < -0.3 is 23.9 Å². The zero-order valence-electron chi connectivity index (χ0n) is 14.2. The number of ether oxygens (including phenoxy) is 3. The summed E-state index contributed by atoms with van der Waals surface area (Å²) in [5.74, 6) is -2.01. The first-order valence-corrected chi connectivity index (χ1v) is 7.79. The van der Waals surface area contributed by atoms with E-state index in [4.69, 9.17) is 18.6 Å². The second-order valence-electron chi connectivity index (χ2n) is 4.81. The number of unbranched alkanes of at least 4 members (excludes halogenated alkanes) is 1. The van der Waals surface area contributed by atoms with Gasteiger partial charge in [-0.2, -0.15) is 0 Å². The first kappa shape index (κ1) is 19.7. The van der Waals surface area contributed by atoms with Crippen LogP contribution in [0.3, 0.4) is 0 Å². The number of methoxy groups -OCH3 is 1. The molecule has 8 nitrogen and oxygen atoms in total. The lowest BCUT2D eigenvalue weighted by Gasteiger charge is -2.11. The van der Waals surface area contributed by atoms with Crippen molar-refractivity contribution in [2.24, 2.45) is 0 Å². The lowest BCUT2D eigenvalue weighted by Crippen LogP contribution is -2.30. The minimum atomic E-state index is -0.821. The van der Waals surface area contributed by atoms with E-state index in [0.29, 0.717) is 13.0 Å². The molecule has 1 aromatic heterocycles. The quantitative estimate of drug-likeness (QED) is 0.506. The summed E-state index contributed by atoms with van der Waals surface area (Å²) in [5.41, 5.74) is -1.04. The lowest BCUT2D eigenvalue weighted by atomic mass is 10.2. The number of hydrogen-bond acceptors (Lipinski definition) is 7. The van der Waals surface area contributed by atoms with Crippen molar-refractivity contribution < 1.29 is 28.2 Å². The molecule has 0 unspecified atom stereocenters. The van der Waals surface area contributed by atoms with Crippen LogP contribution < -0.4 is 15.5 Å². The van der Waals surface area contributed by atoms with E-state index in [0.717, 1.165) is 12.7 Å². The fourth-order valence-corrected chi connectivity index (χ4v) is 1.75. The Kier molecular flexibility index (Phi) is 8.56. The van der Waals surface area contributed by atoms with E-state index in [2.05, 4.69) is 5.32 Å². The highest BCUT2D eigenvalue weighted by Gasteiger charge is 2.24. The molecular weight excluding hydrogens is 318 g/mol. The Bertz CT molecular complexity index is 609. The van der Waals surface area contributed by atoms with Gasteiger partial charge in [0, 0.05) is 13.7 Å². The standard InChI is InChI=1S/C16H23NO7/c1-4-6-8-23-13-12(18)11(16(20)22-5-2)10-24-14(13)15(19)17-7-9-21-3/h10H,4-9H2,1-3H3,(H,17,19). The molecule has 0 radical (unpaired) electrons. The predicted molar refractivity (Wildman–Crippen MR) is 85.5 cm³/mol. The Morgan fingerprint density at radius 1 is 1.25 bits per heavy atom. The Labute approximate surface area is 140 Å². The summed E-state index contributed by atoms with van der Waals surface area (Å²) in [6, 6.07) is 0. The van der Waals surface area contributed by atoms with E-state index in [1.165, 1.54) is 7.11 Å². The highest BCUT2D eigenvalue weighted by atomic mass is 16.5. The van der Waals surface area contributed by atoms with Gasteiger partial charge in [-0.05, 0) is 13.3 Å². The molecule has 1 amide bonds. The molecule has 0 spiro atoms. The fourth-order valence-electron chi connectivity index (χ4n) is 1.75. The number of rotatable bonds is 10. The Morgan fingerprint density at radius 2 is 2.00 bits per heavy atom. The van der Waals surface area contributed by atoms with Crippen LogP contribution in [0.5, 0.6) is 5.75 Å². The molecule has 0 atom stereocenters. The number of hydrogen-bond donors (Lipinski definition) is 1. The van der Waals surface area contributed by atoms with Crippen molar-refractivity contribution in [1.29, 1.82) is 0 Å². The monoisotopic (exact) mass is 341 g/mol. The summed E-state index contributed by atoms with van der Waals surface area (Å²) in [5, 5.41) is 2.54. The molecule has 1 rings (SSSR count). The smallest absolute Gasteiger partial charge is 0.345 e. The third-order valence-electron chi connectivity index (χ3n) is 2.99. The first-order valence-electron chi connectivity index (χ1n) is 7.79. The number of esters is 1. The SMILES string of the molecule is CCCCOc1c(C(=O)NCCOC)occ(C(=O)OCC)c1=O. The number of amides is 1. The minimum Gasteiger partial charge on any atom is -0.486 e. The third kappa shape index (κ3) is 5.38. The molecule has 0 bridgehead atoms. The predicted octanol–water partition coefficient (Wildman–Crippen LogP) is 1.37. The van der Waals surface area contributed by atoms with Gasteiger partial charge in [0.25, 0.3) is 5.91 Å². The third-order valence-corrected chi connectivity index (χ3v) is 2.99. The number of nitrogens with one attached hydrogen (secondary N) is 1. The van der Waals surface area contributed by atoms with Gasteiger partial charge in [0.05, 0.1) is 19.8 Å². The Morgan fingerprint density at radius 3 is 2.62 bits per heavy atom. The van der Waals surface area contributed by atoms with Crippen molar-refractivity contribution in [1.82, 2.24) is 5.32 Å². The fraction of sp³-hybridized carbons (Fsp3) is 0.562. The van der Waals surface area contributed by atoms with Crippen LogP contribution in [-0.2, 0) is 9.47 Å². The molecule has 1 N–H and O–H groups in total. The minimum absolute atomic E-state index is 0.115. The van der Waals surface area contributed by atoms with Gasteiger partial charge in [-0.1, -0.05) is 13.3 Å². The van der Waals surface area contributed by atoms with Crippen LogP contribution in [0.1, 0.15) is 47.6 Å². The van der Waals surface area contributed by atoms with Gasteiger partial charge >= 0.3 is 5.97 Å². The maximum Gasteiger partial charge on any atom is 0.345 e. The first-order chi connectivity index (χ1) is 11.6. The molecule has 0 aliphatic heterocycles. The Hall–Kier alpha value is -2.35. The molecule has 0 aliphatic rings. The van der Waals surface area contributed by atoms with Crippen molar-refractivity contribution in [3.05, 3.63) is 27.8 Å². The largest absolute Gasteiger partial charge is 0.486 e. The van der Waals surface area contributed by atoms with Crippen molar-refractivity contribution in [3.63, 3.8) is 0 Å². The van der Waals surface area contributed by atoms with Crippen molar-refractivity contribution in [2.45, 2.75) is 26.7 Å². The van der Waals surface area contributed by atoms with E-state index in [1.807, 2.05) is 6.92 Å². The summed E-state index contributed by atoms with van der Waals surface area (Å²) >= 11 is 0. The zero-order valence-corrected chi connectivity index (χ0v) is 14.2. The lowest BCUT2D eigenvalue weighted by molar-refractivity contribution is 0.0519. The van der Waals surface area contributed by atoms with E-state index >= 15 is 0 Å². The van der Waals surface area contributed by atoms with Gasteiger partial charge in [-0.15, -0.1) is 0 Å². The van der Waals surface area contributed by atoms with Gasteiger partial charge in [-0.25, -0.2) is 4.79 Å². The number of carbonyl (C=O) groups excluding carboxylic acids is 2. The van der Waals surface area contributed by atoms with Gasteiger partial charge in [0.2, 0.25) is 16.9 Å². The summed E-state index contributed by atoms with van der Waals surface area (Å²) in [6.07, 6.45) is 2.45. The Balaban J connectivity index is 3.12. The van der Waals surface area contributed by atoms with E-state index < -0.39 is 17.3 Å². The maximum absolute atomic E-state index is 12.4. The van der Waals surface area contributed by atoms with Crippen LogP contribution in [-0.4, -0.2) is 45.4 Å². The molecular formula is C16H23NO7. The number of carbonyl (C=O) groups is 2. The molecule has 0 saturated carbocycles. The van der Waals surface area contributed by atoms with Crippen LogP contribution >= 0.6 is 0 Å². The van der Waals surface area contributed by atoms with Crippen molar-refractivity contribution in [2.75, 3.05) is 33.5 Å². The zero-order chi connectivity index (χ0) is 17.9. The second kappa shape index (κ2) is 10.4. The molecule has 0 fully saturated rings. The van der Waals surface area contributed by atoms with E-state index in [-0.39, 0.29) is 36.8 Å². The topological polar surface area (TPSA) is 104 Å².